The van der Waals surface area contributed by atoms with Crippen molar-refractivity contribution in [2.45, 2.75) is 25.3 Å². The third kappa shape index (κ3) is 4.97. The first kappa shape index (κ1) is 21.4. The predicted molar refractivity (Wildman–Crippen MR) is 107 cm³/mol. The van der Waals surface area contributed by atoms with Gasteiger partial charge >= 0.3 is 5.97 Å². The molecule has 3 rings (SSSR count). The summed E-state index contributed by atoms with van der Waals surface area (Å²) in [5, 5.41) is 8.93. The molecule has 1 N–H and O–H groups in total. The molecule has 30 heavy (non-hydrogen) atoms. The number of hydrogen-bond donors (Lipinski definition) is 1. The monoisotopic (exact) mass is 415 g/mol. The molecular formula is C23H20F3NO3. The van der Waals surface area contributed by atoms with Crippen molar-refractivity contribution < 1.29 is 27.9 Å². The quantitative estimate of drug-likeness (QED) is 0.642. The van der Waals surface area contributed by atoms with E-state index in [0.29, 0.717) is 12.0 Å². The van der Waals surface area contributed by atoms with Crippen LogP contribution < -0.4 is 0 Å². The van der Waals surface area contributed by atoms with Crippen molar-refractivity contribution in [2.24, 2.45) is 0 Å². The van der Waals surface area contributed by atoms with Gasteiger partial charge in [0.15, 0.2) is 17.5 Å². The summed E-state index contributed by atoms with van der Waals surface area (Å²) in [5.41, 5.74) is 1.27. The van der Waals surface area contributed by atoms with Crippen molar-refractivity contribution in [3.63, 3.8) is 0 Å². The number of halogens is 3. The van der Waals surface area contributed by atoms with E-state index in [9.17, 15) is 22.8 Å². The van der Waals surface area contributed by atoms with Crippen LogP contribution in [-0.4, -0.2) is 34.5 Å². The first-order chi connectivity index (χ1) is 14.4. The Morgan fingerprint density at radius 3 is 2.37 bits per heavy atom. The number of hydrogen-bond acceptors (Lipinski definition) is 2. The second kappa shape index (κ2) is 9.43. The zero-order chi connectivity index (χ0) is 21.7. The molecule has 2 aromatic rings. The van der Waals surface area contributed by atoms with Crippen molar-refractivity contribution >= 4 is 18.0 Å². The van der Waals surface area contributed by atoms with Gasteiger partial charge in [-0.05, 0) is 42.2 Å². The normalized spacial score (nSPS) is 17.8. The number of aromatic carboxylic acids is 1. The smallest absolute Gasteiger partial charge is 0.335 e. The molecule has 2 aromatic carbocycles. The highest BCUT2D eigenvalue weighted by molar-refractivity contribution is 5.87. The summed E-state index contributed by atoms with van der Waals surface area (Å²) in [4.78, 5) is 24.3. The van der Waals surface area contributed by atoms with Gasteiger partial charge in [0.2, 0.25) is 5.91 Å². The van der Waals surface area contributed by atoms with E-state index >= 15 is 0 Å². The Morgan fingerprint density at radius 2 is 1.73 bits per heavy atom. The number of likely N-dealkylation sites (tertiary alicyclic amines) is 1. The average Bonchev–Trinajstić information content (AvgIpc) is 3.12. The maximum Gasteiger partial charge on any atom is 0.335 e. The summed E-state index contributed by atoms with van der Waals surface area (Å²) in [6.45, 7) is 0.112. The number of carboxylic acid groups (broad SMARTS) is 1. The van der Waals surface area contributed by atoms with E-state index < -0.39 is 29.5 Å². The fourth-order valence-electron chi connectivity index (χ4n) is 3.36. The van der Waals surface area contributed by atoms with Crippen LogP contribution in [0.15, 0.2) is 72.1 Å². The van der Waals surface area contributed by atoms with Gasteiger partial charge in [-0.3, -0.25) is 4.79 Å². The third-order valence-corrected chi connectivity index (χ3v) is 4.98. The van der Waals surface area contributed by atoms with Gasteiger partial charge in [0.1, 0.15) is 0 Å². The van der Waals surface area contributed by atoms with Crippen molar-refractivity contribution in [1.29, 1.82) is 0 Å². The van der Waals surface area contributed by atoms with Gasteiger partial charge < -0.3 is 10.0 Å². The van der Waals surface area contributed by atoms with E-state index in [2.05, 4.69) is 0 Å². The Morgan fingerprint density at radius 1 is 1.07 bits per heavy atom. The molecule has 1 fully saturated rings. The number of allylic oxidation sites excluding steroid dienone is 2. The molecule has 0 bridgehead atoms. The van der Waals surface area contributed by atoms with E-state index in [-0.39, 0.29) is 30.9 Å². The van der Waals surface area contributed by atoms with Gasteiger partial charge in [-0.2, -0.15) is 0 Å². The summed E-state index contributed by atoms with van der Waals surface area (Å²) < 4.78 is 43.3. The number of carbonyl (C=O) groups excluding carboxylic acids is 1. The molecule has 156 valence electrons. The molecule has 1 aliphatic rings. The van der Waals surface area contributed by atoms with Crippen LogP contribution in [0.4, 0.5) is 13.2 Å². The maximum absolute atomic E-state index is 14.7. The minimum Gasteiger partial charge on any atom is -0.478 e. The highest BCUT2D eigenvalue weighted by Gasteiger charge is 2.36. The Kier molecular flexibility index (Phi) is 6.72. The molecule has 0 aliphatic carbocycles. The molecule has 0 saturated carbocycles. The second-order valence-corrected chi connectivity index (χ2v) is 6.96. The van der Waals surface area contributed by atoms with Gasteiger partial charge in [-0.15, -0.1) is 0 Å². The average molecular weight is 415 g/mol. The van der Waals surface area contributed by atoms with E-state index in [1.807, 2.05) is 0 Å². The molecule has 0 spiro atoms. The minimum atomic E-state index is -1.60. The van der Waals surface area contributed by atoms with Crippen molar-refractivity contribution in [3.05, 3.63) is 88.8 Å². The standard InChI is InChI=1S/C23H20F3NO3/c24-18(14-16-4-2-1-3-5-16)21(25)22(26)19-10-11-20(28)27(19)13-12-15-6-8-17(9-7-15)23(29)30/h1-9,14,19H,10-13H2,(H,29,30)/b18-14-,22-21-/t19-/m1/s1. The number of carbonyl (C=O) groups is 2. The fraction of sp³-hybridized carbons (Fsp3) is 0.217. The van der Waals surface area contributed by atoms with E-state index in [1.54, 1.807) is 42.5 Å². The lowest BCUT2D eigenvalue weighted by molar-refractivity contribution is -0.128. The van der Waals surface area contributed by atoms with Crippen LogP contribution in [-0.2, 0) is 11.2 Å². The van der Waals surface area contributed by atoms with Gasteiger partial charge in [0.25, 0.3) is 0 Å². The molecule has 7 heteroatoms. The molecule has 0 radical (unpaired) electrons. The molecule has 0 aromatic heterocycles. The third-order valence-electron chi connectivity index (χ3n) is 4.98. The number of rotatable bonds is 7. The first-order valence-electron chi connectivity index (χ1n) is 9.46. The van der Waals surface area contributed by atoms with Crippen LogP contribution >= 0.6 is 0 Å². The highest BCUT2D eigenvalue weighted by atomic mass is 19.2. The van der Waals surface area contributed by atoms with E-state index in [0.717, 1.165) is 11.6 Å². The second-order valence-electron chi connectivity index (χ2n) is 6.96. The Balaban J connectivity index is 1.73. The van der Waals surface area contributed by atoms with Crippen molar-refractivity contribution in [1.82, 2.24) is 4.90 Å². The van der Waals surface area contributed by atoms with Crippen molar-refractivity contribution in [2.75, 3.05) is 6.54 Å². The molecule has 1 aliphatic heterocycles. The highest BCUT2D eigenvalue weighted by Crippen LogP contribution is 2.32. The molecule has 1 amide bonds. The molecule has 1 heterocycles. The Bertz CT molecular complexity index is 985. The Hall–Kier alpha value is -3.35. The Labute approximate surface area is 171 Å². The SMILES string of the molecule is O=C(O)c1ccc(CCN2C(=O)CC[C@@H]2/C(F)=C(F)\C(F)=C\c2ccccc2)cc1. The maximum atomic E-state index is 14.7. The molecule has 0 unspecified atom stereocenters. The van der Waals surface area contributed by atoms with Crippen LogP contribution in [0, 0.1) is 0 Å². The summed E-state index contributed by atoms with van der Waals surface area (Å²) >= 11 is 0. The van der Waals surface area contributed by atoms with Crippen LogP contribution in [0.5, 0.6) is 0 Å². The predicted octanol–water partition coefficient (Wildman–Crippen LogP) is 5.08. The minimum absolute atomic E-state index is 0.0489. The van der Waals surface area contributed by atoms with Crippen LogP contribution in [0.25, 0.3) is 6.08 Å². The summed E-state index contributed by atoms with van der Waals surface area (Å²) in [6, 6.07) is 13.1. The lowest BCUT2D eigenvalue weighted by Gasteiger charge is -2.24. The lowest BCUT2D eigenvalue weighted by atomic mass is 10.1. The molecular weight excluding hydrogens is 395 g/mol. The summed E-state index contributed by atoms with van der Waals surface area (Å²) in [7, 11) is 0. The number of amides is 1. The topological polar surface area (TPSA) is 57.6 Å². The molecule has 1 atom stereocenters. The zero-order valence-electron chi connectivity index (χ0n) is 16.0. The van der Waals surface area contributed by atoms with E-state index in [1.165, 1.54) is 17.0 Å². The fourth-order valence-corrected chi connectivity index (χ4v) is 3.36. The van der Waals surface area contributed by atoms with Crippen LogP contribution in [0.1, 0.15) is 34.3 Å². The van der Waals surface area contributed by atoms with Gasteiger partial charge in [0, 0.05) is 13.0 Å². The zero-order valence-corrected chi connectivity index (χ0v) is 16.0. The number of nitrogens with zero attached hydrogens (tertiary/aromatic N) is 1. The number of carboxylic acids is 1. The largest absolute Gasteiger partial charge is 0.478 e. The molecule has 1 saturated heterocycles. The van der Waals surface area contributed by atoms with Gasteiger partial charge in [0.05, 0.1) is 11.6 Å². The number of benzene rings is 2. The lowest BCUT2D eigenvalue weighted by Crippen LogP contribution is -2.35. The van der Waals surface area contributed by atoms with Crippen LogP contribution in [0.3, 0.4) is 0 Å². The van der Waals surface area contributed by atoms with Crippen LogP contribution in [0.2, 0.25) is 0 Å². The first-order valence-corrected chi connectivity index (χ1v) is 9.46. The van der Waals surface area contributed by atoms with Gasteiger partial charge in [-0.25, -0.2) is 18.0 Å². The van der Waals surface area contributed by atoms with E-state index in [4.69, 9.17) is 5.11 Å². The summed E-state index contributed by atoms with van der Waals surface area (Å²) in [6.07, 6.45) is 1.35. The molecule has 4 nitrogen and oxygen atoms in total. The van der Waals surface area contributed by atoms with Gasteiger partial charge in [-0.1, -0.05) is 42.5 Å². The van der Waals surface area contributed by atoms with Crippen molar-refractivity contribution in [3.8, 4) is 0 Å². The summed E-state index contributed by atoms with van der Waals surface area (Å²) in [5.74, 6) is -5.62.